The number of carbonyl (C=O) groups is 6. The summed E-state index contributed by atoms with van der Waals surface area (Å²) in [6, 6.07) is 12.7. The number of carbonyl (C=O) groups excluding carboxylic acids is 6. The molecule has 1 saturated heterocycles. The van der Waals surface area contributed by atoms with Gasteiger partial charge in [0, 0.05) is 32.1 Å². The summed E-state index contributed by atoms with van der Waals surface area (Å²) in [6.45, 7) is 1.23. The Kier molecular flexibility index (Phi) is 15.2. The minimum absolute atomic E-state index is 0.00812. The topological polar surface area (TPSA) is 164 Å². The lowest BCUT2D eigenvalue weighted by Gasteiger charge is -2.28. The Morgan fingerprint density at radius 1 is 0.919 bits per heavy atom. The fraction of sp³-hybridized carbons (Fsp3) is 0.457. The van der Waals surface area contributed by atoms with Crippen molar-refractivity contribution in [2.75, 3.05) is 27.3 Å². The van der Waals surface area contributed by atoms with Crippen LogP contribution in [-0.2, 0) is 27.3 Å². The number of fused-ring (bicyclic) bond motifs is 1. The quantitative estimate of drug-likeness (QED) is 0.103. The second kappa shape index (κ2) is 20.7. The van der Waals surface area contributed by atoms with Crippen molar-refractivity contribution >= 4 is 41.5 Å². The van der Waals surface area contributed by atoms with Crippen molar-refractivity contribution in [2.24, 2.45) is 11.8 Å². The maximum atomic E-state index is 13.1. The minimum Gasteiger partial charge on any atom is -0.495 e. The molecule has 2 N–H and O–H groups in total. The first-order valence-electron chi connectivity index (χ1n) is 21.1. The number of imide groups is 2. The molecular formula is C46H52F3N5O8. The summed E-state index contributed by atoms with van der Waals surface area (Å²) in [5, 5.41) is 5.06. The molecule has 2 aliphatic heterocycles. The molecule has 2 fully saturated rings. The van der Waals surface area contributed by atoms with Crippen LogP contribution in [0.1, 0.15) is 119 Å². The van der Waals surface area contributed by atoms with E-state index in [1.807, 2.05) is 30.3 Å². The fourth-order valence-electron chi connectivity index (χ4n) is 8.03. The summed E-state index contributed by atoms with van der Waals surface area (Å²) in [4.78, 5) is 82.8. The maximum Gasteiger partial charge on any atom is 0.391 e. The lowest BCUT2D eigenvalue weighted by atomic mass is 9.81. The largest absolute Gasteiger partial charge is 0.495 e. The lowest BCUT2D eigenvalue weighted by molar-refractivity contribution is -0.183. The molecule has 0 bridgehead atoms. The summed E-state index contributed by atoms with van der Waals surface area (Å²) in [5.41, 5.74) is 2.78. The van der Waals surface area contributed by atoms with Gasteiger partial charge in [-0.15, -0.1) is 0 Å². The van der Waals surface area contributed by atoms with Crippen LogP contribution < -0.4 is 20.1 Å². The normalized spacial score (nSPS) is 19.0. The van der Waals surface area contributed by atoms with Crippen molar-refractivity contribution < 1.29 is 51.4 Å². The zero-order valence-corrected chi connectivity index (χ0v) is 34.9. The first kappa shape index (κ1) is 45.5. The second-order valence-corrected chi connectivity index (χ2v) is 16.1. The van der Waals surface area contributed by atoms with Gasteiger partial charge in [-0.05, 0) is 86.3 Å². The standard InChI is InChI=1S/C46H52F3N5O8/c1-53(21-6-4-3-5-7-22-62-34-17-18-35-36(26-34)45(60)54(44(35)59)38-19-20-40(55)52-43(38)58)41(56)24-30-9-8-10-31(23-30)27-51-42(57)37-25-32(39(61-2)28-50-37)14-11-29-12-15-33(16-13-29)46(47,48)49/h8-11,14,17-18,23,25-26,28-29,33,38H,3-7,12-13,15-16,19-22,24,27H2,1-2H3,(H,51,57)(H,52,55,58)/b14-11+/t29-,33-,38?. The molecule has 62 heavy (non-hydrogen) atoms. The van der Waals surface area contributed by atoms with Crippen LogP contribution >= 0.6 is 0 Å². The number of unbranched alkanes of at least 4 members (excludes halogenated alkanes) is 4. The van der Waals surface area contributed by atoms with Gasteiger partial charge in [-0.1, -0.05) is 55.7 Å². The van der Waals surface area contributed by atoms with Crippen molar-refractivity contribution in [2.45, 2.75) is 95.8 Å². The Morgan fingerprint density at radius 2 is 1.65 bits per heavy atom. The van der Waals surface area contributed by atoms with Crippen LogP contribution in [-0.4, -0.2) is 89.8 Å². The molecule has 0 radical (unpaired) electrons. The van der Waals surface area contributed by atoms with Gasteiger partial charge < -0.3 is 19.7 Å². The molecule has 16 heteroatoms. The molecule has 1 atom stereocenters. The van der Waals surface area contributed by atoms with Crippen LogP contribution in [0.3, 0.4) is 0 Å². The fourth-order valence-corrected chi connectivity index (χ4v) is 8.03. The van der Waals surface area contributed by atoms with Gasteiger partial charge in [0.1, 0.15) is 23.2 Å². The lowest BCUT2D eigenvalue weighted by Crippen LogP contribution is -2.54. The van der Waals surface area contributed by atoms with Gasteiger partial charge in [-0.25, -0.2) is 4.98 Å². The van der Waals surface area contributed by atoms with Gasteiger partial charge in [0.15, 0.2) is 0 Å². The molecular weight excluding hydrogens is 808 g/mol. The number of rotatable bonds is 18. The predicted molar refractivity (Wildman–Crippen MR) is 222 cm³/mol. The number of hydrogen-bond acceptors (Lipinski definition) is 9. The smallest absolute Gasteiger partial charge is 0.391 e. The first-order chi connectivity index (χ1) is 29.7. The minimum atomic E-state index is -4.16. The van der Waals surface area contributed by atoms with Gasteiger partial charge in [-0.3, -0.25) is 39.0 Å². The molecule has 13 nitrogen and oxygen atoms in total. The number of halogens is 3. The predicted octanol–water partition coefficient (Wildman–Crippen LogP) is 6.83. The highest BCUT2D eigenvalue weighted by atomic mass is 19.4. The van der Waals surface area contributed by atoms with Gasteiger partial charge in [-0.2, -0.15) is 13.2 Å². The van der Waals surface area contributed by atoms with E-state index < -0.39 is 47.7 Å². The Bertz CT molecular complexity index is 2190. The molecule has 6 amide bonds. The summed E-state index contributed by atoms with van der Waals surface area (Å²) >= 11 is 0. The van der Waals surface area contributed by atoms with E-state index in [-0.39, 0.29) is 67.3 Å². The highest BCUT2D eigenvalue weighted by Crippen LogP contribution is 2.40. The van der Waals surface area contributed by atoms with Crippen LogP contribution in [0.25, 0.3) is 6.08 Å². The van der Waals surface area contributed by atoms with Crippen LogP contribution in [0, 0.1) is 11.8 Å². The van der Waals surface area contributed by atoms with Crippen LogP contribution in [0.5, 0.6) is 11.5 Å². The van der Waals surface area contributed by atoms with E-state index in [9.17, 15) is 41.9 Å². The zero-order valence-electron chi connectivity index (χ0n) is 34.9. The third kappa shape index (κ3) is 11.6. The van der Waals surface area contributed by atoms with Gasteiger partial charge >= 0.3 is 6.18 Å². The number of likely N-dealkylation sites (N-methyl/N-ethyl adjacent to an activating group) is 1. The second-order valence-electron chi connectivity index (χ2n) is 16.1. The average molecular weight is 860 g/mol. The highest BCUT2D eigenvalue weighted by molar-refractivity contribution is 6.23. The molecule has 3 heterocycles. The number of allylic oxidation sites excluding steroid dienone is 1. The van der Waals surface area contributed by atoms with E-state index in [1.54, 1.807) is 30.2 Å². The molecule has 3 aromatic rings. The number of hydrogen-bond donors (Lipinski definition) is 2. The molecule has 1 saturated carbocycles. The van der Waals surface area contributed by atoms with E-state index in [1.165, 1.54) is 25.4 Å². The molecule has 1 unspecified atom stereocenters. The number of nitrogens with zero attached hydrogens (tertiary/aromatic N) is 3. The number of benzene rings is 2. The van der Waals surface area contributed by atoms with Gasteiger partial charge in [0.25, 0.3) is 17.7 Å². The van der Waals surface area contributed by atoms with Crippen molar-refractivity contribution in [1.82, 2.24) is 25.4 Å². The van der Waals surface area contributed by atoms with Gasteiger partial charge in [0.05, 0.1) is 43.4 Å². The number of nitrogens with one attached hydrogen (secondary N) is 2. The number of amides is 6. The Morgan fingerprint density at radius 3 is 2.39 bits per heavy atom. The number of aromatic nitrogens is 1. The third-order valence-electron chi connectivity index (χ3n) is 11.7. The summed E-state index contributed by atoms with van der Waals surface area (Å²) in [6.07, 6.45) is 6.76. The van der Waals surface area contributed by atoms with Gasteiger partial charge in [0.2, 0.25) is 17.7 Å². The maximum absolute atomic E-state index is 13.1. The number of pyridine rings is 1. The Hall–Kier alpha value is -6.06. The van der Waals surface area contributed by atoms with E-state index in [0.717, 1.165) is 48.1 Å². The zero-order chi connectivity index (χ0) is 44.4. The molecule has 2 aromatic carbocycles. The third-order valence-corrected chi connectivity index (χ3v) is 11.7. The number of alkyl halides is 3. The molecule has 3 aliphatic rings. The highest BCUT2D eigenvalue weighted by Gasteiger charge is 2.45. The summed E-state index contributed by atoms with van der Waals surface area (Å²) in [7, 11) is 3.27. The van der Waals surface area contributed by atoms with E-state index >= 15 is 0 Å². The van der Waals surface area contributed by atoms with E-state index in [4.69, 9.17) is 9.47 Å². The van der Waals surface area contributed by atoms with Crippen LogP contribution in [0.2, 0.25) is 0 Å². The molecule has 0 spiro atoms. The summed E-state index contributed by atoms with van der Waals surface area (Å²) in [5.74, 6) is -3.00. The van der Waals surface area contributed by atoms with Crippen LogP contribution in [0.15, 0.2) is 60.8 Å². The number of piperidine rings is 1. The Balaban J connectivity index is 0.870. The summed E-state index contributed by atoms with van der Waals surface area (Å²) < 4.78 is 50.5. The molecule has 6 rings (SSSR count). The monoisotopic (exact) mass is 859 g/mol. The molecule has 330 valence electrons. The Labute approximate surface area is 358 Å². The first-order valence-corrected chi connectivity index (χ1v) is 21.1. The molecule has 1 aromatic heterocycles. The number of methoxy groups -OCH3 is 1. The van der Waals surface area contributed by atoms with Crippen molar-refractivity contribution in [3.63, 3.8) is 0 Å². The van der Waals surface area contributed by atoms with Crippen LogP contribution in [0.4, 0.5) is 13.2 Å². The van der Waals surface area contributed by atoms with Crippen molar-refractivity contribution in [3.05, 3.63) is 94.3 Å². The number of ether oxygens (including phenoxy) is 2. The SMILES string of the molecule is COc1cnc(C(=O)NCc2cccc(CC(=O)N(C)CCCCCCCOc3ccc4c(c3)C(=O)N(C3CCC(=O)NC3=O)C4=O)c2)cc1/C=C/[C@H]1CC[C@H](C(F)(F)F)CC1. The van der Waals surface area contributed by atoms with E-state index in [0.29, 0.717) is 43.1 Å². The molecule has 1 aliphatic carbocycles. The van der Waals surface area contributed by atoms with Crippen molar-refractivity contribution in [1.29, 1.82) is 0 Å². The van der Waals surface area contributed by atoms with E-state index in [2.05, 4.69) is 15.6 Å². The average Bonchev–Trinajstić information content (AvgIpc) is 3.50. The van der Waals surface area contributed by atoms with Crippen molar-refractivity contribution in [3.8, 4) is 11.5 Å².